The van der Waals surface area contributed by atoms with Crippen LogP contribution in [0.3, 0.4) is 0 Å². The number of aromatic carboxylic acids is 1. The molecule has 0 aliphatic heterocycles. The number of carboxylic acid groups (broad SMARTS) is 1. The predicted molar refractivity (Wildman–Crippen MR) is 65.2 cm³/mol. The summed E-state index contributed by atoms with van der Waals surface area (Å²) in [6, 6.07) is 1.54. The Morgan fingerprint density at radius 3 is 2.94 bits per heavy atom. The molecule has 1 aromatic heterocycles. The molecule has 17 heavy (non-hydrogen) atoms. The SMILES string of the molecule is COCCC(C)Nc1ncc(C(=O)O)cc1N. The number of ether oxygens (including phenoxy) is 1. The molecule has 1 unspecified atom stereocenters. The third kappa shape index (κ3) is 3.92. The number of aromatic nitrogens is 1. The van der Waals surface area contributed by atoms with E-state index in [2.05, 4.69) is 10.3 Å². The number of pyridine rings is 1. The highest BCUT2D eigenvalue weighted by Crippen LogP contribution is 2.17. The quantitative estimate of drug-likeness (QED) is 0.690. The van der Waals surface area contributed by atoms with Crippen molar-refractivity contribution in [3.05, 3.63) is 17.8 Å². The minimum absolute atomic E-state index is 0.0811. The summed E-state index contributed by atoms with van der Waals surface area (Å²) in [5.41, 5.74) is 6.13. The zero-order chi connectivity index (χ0) is 12.8. The van der Waals surface area contributed by atoms with Crippen molar-refractivity contribution in [2.45, 2.75) is 19.4 Å². The number of nitrogen functional groups attached to an aromatic ring is 1. The van der Waals surface area contributed by atoms with Crippen LogP contribution in [-0.4, -0.2) is 35.8 Å². The molecule has 0 saturated carbocycles. The zero-order valence-electron chi connectivity index (χ0n) is 9.93. The summed E-state index contributed by atoms with van der Waals surface area (Å²) in [6.07, 6.45) is 2.10. The van der Waals surface area contributed by atoms with Gasteiger partial charge in [-0.2, -0.15) is 0 Å². The highest BCUT2D eigenvalue weighted by Gasteiger charge is 2.09. The monoisotopic (exact) mass is 239 g/mol. The molecule has 0 saturated heterocycles. The Morgan fingerprint density at radius 1 is 1.71 bits per heavy atom. The average molecular weight is 239 g/mol. The fourth-order valence-electron chi connectivity index (χ4n) is 1.32. The molecule has 0 aliphatic carbocycles. The largest absolute Gasteiger partial charge is 0.478 e. The van der Waals surface area contributed by atoms with E-state index in [9.17, 15) is 4.79 Å². The molecular weight excluding hydrogens is 222 g/mol. The number of nitrogens with zero attached hydrogens (tertiary/aromatic N) is 1. The van der Waals surface area contributed by atoms with Crippen LogP contribution in [0.2, 0.25) is 0 Å². The van der Waals surface area contributed by atoms with Crippen molar-refractivity contribution >= 4 is 17.5 Å². The molecule has 0 radical (unpaired) electrons. The smallest absolute Gasteiger partial charge is 0.337 e. The fraction of sp³-hybridized carbons (Fsp3) is 0.455. The van der Waals surface area contributed by atoms with Crippen molar-refractivity contribution in [2.75, 3.05) is 24.8 Å². The second-order valence-electron chi connectivity index (χ2n) is 3.79. The van der Waals surface area contributed by atoms with Gasteiger partial charge in [-0.3, -0.25) is 0 Å². The third-order valence-corrected chi connectivity index (χ3v) is 2.30. The third-order valence-electron chi connectivity index (χ3n) is 2.30. The number of nitrogens with one attached hydrogen (secondary N) is 1. The van der Waals surface area contributed by atoms with E-state index in [-0.39, 0.29) is 11.6 Å². The molecule has 94 valence electrons. The van der Waals surface area contributed by atoms with Crippen LogP contribution in [0, 0.1) is 0 Å². The van der Waals surface area contributed by atoms with Gasteiger partial charge in [0, 0.05) is 26.0 Å². The lowest BCUT2D eigenvalue weighted by atomic mass is 10.2. The summed E-state index contributed by atoms with van der Waals surface area (Å²) in [6.45, 7) is 2.62. The van der Waals surface area contributed by atoms with E-state index in [1.54, 1.807) is 7.11 Å². The number of hydrogen-bond acceptors (Lipinski definition) is 5. The van der Waals surface area contributed by atoms with Gasteiger partial charge in [-0.25, -0.2) is 9.78 Å². The first-order chi connectivity index (χ1) is 8.04. The second-order valence-corrected chi connectivity index (χ2v) is 3.79. The first-order valence-corrected chi connectivity index (χ1v) is 5.29. The van der Waals surface area contributed by atoms with Gasteiger partial charge < -0.3 is 20.9 Å². The van der Waals surface area contributed by atoms with Gasteiger partial charge in [-0.05, 0) is 19.4 Å². The lowest BCUT2D eigenvalue weighted by Crippen LogP contribution is -2.19. The van der Waals surface area contributed by atoms with Crippen LogP contribution in [0.5, 0.6) is 0 Å². The van der Waals surface area contributed by atoms with E-state index in [4.69, 9.17) is 15.6 Å². The van der Waals surface area contributed by atoms with E-state index >= 15 is 0 Å². The van der Waals surface area contributed by atoms with Crippen LogP contribution in [0.1, 0.15) is 23.7 Å². The molecule has 1 aromatic rings. The number of carboxylic acids is 1. The molecule has 6 heteroatoms. The van der Waals surface area contributed by atoms with Gasteiger partial charge >= 0.3 is 5.97 Å². The Labute approximate surface area is 99.8 Å². The predicted octanol–water partition coefficient (Wildman–Crippen LogP) is 1.20. The summed E-state index contributed by atoms with van der Waals surface area (Å²) in [7, 11) is 1.64. The molecule has 4 N–H and O–H groups in total. The summed E-state index contributed by atoms with van der Waals surface area (Å²) < 4.78 is 4.96. The molecule has 0 amide bonds. The first kappa shape index (κ1) is 13.2. The van der Waals surface area contributed by atoms with E-state index in [0.29, 0.717) is 18.1 Å². The molecule has 0 bridgehead atoms. The maximum absolute atomic E-state index is 10.7. The average Bonchev–Trinajstić information content (AvgIpc) is 2.28. The lowest BCUT2D eigenvalue weighted by molar-refractivity contribution is 0.0696. The Morgan fingerprint density at radius 2 is 2.41 bits per heavy atom. The first-order valence-electron chi connectivity index (χ1n) is 5.29. The van der Waals surface area contributed by atoms with Crippen molar-refractivity contribution in [1.82, 2.24) is 4.98 Å². The summed E-state index contributed by atoms with van der Waals surface area (Å²) in [5.74, 6) is -0.540. The maximum atomic E-state index is 10.7. The summed E-state index contributed by atoms with van der Waals surface area (Å²) in [5, 5.41) is 11.9. The van der Waals surface area contributed by atoms with Crippen LogP contribution < -0.4 is 11.1 Å². The number of hydrogen-bond donors (Lipinski definition) is 3. The van der Waals surface area contributed by atoms with Crippen molar-refractivity contribution in [3.63, 3.8) is 0 Å². The van der Waals surface area contributed by atoms with Gasteiger partial charge in [-0.1, -0.05) is 0 Å². The van der Waals surface area contributed by atoms with Crippen molar-refractivity contribution < 1.29 is 14.6 Å². The van der Waals surface area contributed by atoms with Crippen LogP contribution >= 0.6 is 0 Å². The second kappa shape index (κ2) is 6.05. The molecule has 0 aliphatic rings. The number of rotatable bonds is 6. The molecule has 0 fully saturated rings. The highest BCUT2D eigenvalue weighted by molar-refractivity contribution is 5.89. The van der Waals surface area contributed by atoms with Gasteiger partial charge in [-0.15, -0.1) is 0 Å². The topological polar surface area (TPSA) is 97.5 Å². The van der Waals surface area contributed by atoms with Crippen LogP contribution in [-0.2, 0) is 4.74 Å². The Bertz CT molecular complexity index is 396. The van der Waals surface area contributed by atoms with Gasteiger partial charge in [0.05, 0.1) is 11.3 Å². The Hall–Kier alpha value is -1.82. The minimum atomic E-state index is -1.04. The number of carbonyl (C=O) groups is 1. The van der Waals surface area contributed by atoms with E-state index < -0.39 is 5.97 Å². The lowest BCUT2D eigenvalue weighted by Gasteiger charge is -2.15. The van der Waals surface area contributed by atoms with Gasteiger partial charge in [0.15, 0.2) is 0 Å². The van der Waals surface area contributed by atoms with Crippen LogP contribution in [0.4, 0.5) is 11.5 Å². The molecule has 1 heterocycles. The van der Waals surface area contributed by atoms with Crippen molar-refractivity contribution in [2.24, 2.45) is 0 Å². The number of methoxy groups -OCH3 is 1. The maximum Gasteiger partial charge on any atom is 0.337 e. The Kier molecular flexibility index (Phi) is 4.71. The van der Waals surface area contributed by atoms with Crippen LogP contribution in [0.15, 0.2) is 12.3 Å². The normalized spacial score (nSPS) is 12.1. The van der Waals surface area contributed by atoms with E-state index in [0.717, 1.165) is 6.42 Å². The number of nitrogens with two attached hydrogens (primary N) is 1. The standard InChI is InChI=1S/C11H17N3O3/c1-7(3-4-17-2)14-10-9(12)5-8(6-13-10)11(15)16/h5-7H,3-4,12H2,1-2H3,(H,13,14)(H,15,16). The van der Waals surface area contributed by atoms with E-state index in [1.807, 2.05) is 6.92 Å². The molecular formula is C11H17N3O3. The number of anilines is 2. The summed E-state index contributed by atoms with van der Waals surface area (Å²) >= 11 is 0. The van der Waals surface area contributed by atoms with Crippen molar-refractivity contribution in [3.8, 4) is 0 Å². The molecule has 6 nitrogen and oxygen atoms in total. The van der Waals surface area contributed by atoms with Gasteiger partial charge in [0.25, 0.3) is 0 Å². The van der Waals surface area contributed by atoms with Gasteiger partial charge in [0.2, 0.25) is 0 Å². The van der Waals surface area contributed by atoms with Crippen molar-refractivity contribution in [1.29, 1.82) is 0 Å². The molecule has 0 spiro atoms. The molecule has 0 aromatic carbocycles. The van der Waals surface area contributed by atoms with Gasteiger partial charge in [0.1, 0.15) is 5.82 Å². The highest BCUT2D eigenvalue weighted by atomic mass is 16.5. The molecule has 1 rings (SSSR count). The molecule has 1 atom stereocenters. The Balaban J connectivity index is 2.69. The fourth-order valence-corrected chi connectivity index (χ4v) is 1.32. The minimum Gasteiger partial charge on any atom is -0.478 e. The zero-order valence-corrected chi connectivity index (χ0v) is 9.93. The summed E-state index contributed by atoms with van der Waals surface area (Å²) in [4.78, 5) is 14.7. The van der Waals surface area contributed by atoms with E-state index in [1.165, 1.54) is 12.3 Å². The van der Waals surface area contributed by atoms with Crippen LogP contribution in [0.25, 0.3) is 0 Å².